The lowest BCUT2D eigenvalue weighted by molar-refractivity contribution is -0.121. The molecule has 3 N–H and O–H groups in total. The largest absolute Gasteiger partial charge is 0.451 e. The molecular formula is C18H21N3O4. The zero-order chi connectivity index (χ0) is 18.6. The Bertz CT molecular complexity index is 780. The van der Waals surface area contributed by atoms with Gasteiger partial charge in [-0.05, 0) is 31.2 Å². The molecule has 1 heterocycles. The van der Waals surface area contributed by atoms with Gasteiger partial charge in [-0.2, -0.15) is 0 Å². The monoisotopic (exact) mass is 343 g/mol. The average molecular weight is 343 g/mol. The van der Waals surface area contributed by atoms with E-state index in [2.05, 4.69) is 5.32 Å². The smallest absolute Gasteiger partial charge is 0.284 e. The number of amides is 3. The third-order valence-corrected chi connectivity index (χ3v) is 4.01. The minimum atomic E-state index is -0.634. The Morgan fingerprint density at radius 2 is 1.80 bits per heavy atom. The van der Waals surface area contributed by atoms with Crippen molar-refractivity contribution in [3.63, 3.8) is 0 Å². The van der Waals surface area contributed by atoms with Crippen molar-refractivity contribution in [1.29, 1.82) is 0 Å². The Labute approximate surface area is 145 Å². The first-order chi connectivity index (χ1) is 11.8. The Morgan fingerprint density at radius 3 is 2.32 bits per heavy atom. The Kier molecular flexibility index (Phi) is 5.59. The molecule has 1 unspecified atom stereocenters. The SMILES string of the molecule is CNC(=O)CC(C)N(C)C(=O)c1ccc(-c2ccc(C(N)=O)o2)cc1. The molecule has 0 aliphatic heterocycles. The van der Waals surface area contributed by atoms with Crippen LogP contribution in [0, 0.1) is 0 Å². The van der Waals surface area contributed by atoms with Crippen molar-refractivity contribution < 1.29 is 18.8 Å². The van der Waals surface area contributed by atoms with E-state index in [1.165, 1.54) is 11.0 Å². The maximum absolute atomic E-state index is 12.5. The lowest BCUT2D eigenvalue weighted by Crippen LogP contribution is -2.38. The normalized spacial score (nSPS) is 11.6. The predicted molar refractivity (Wildman–Crippen MR) is 92.9 cm³/mol. The van der Waals surface area contributed by atoms with Gasteiger partial charge in [0, 0.05) is 37.7 Å². The van der Waals surface area contributed by atoms with Gasteiger partial charge >= 0.3 is 0 Å². The van der Waals surface area contributed by atoms with E-state index in [1.807, 2.05) is 6.92 Å². The van der Waals surface area contributed by atoms with Crippen LogP contribution in [-0.4, -0.2) is 42.8 Å². The minimum absolute atomic E-state index is 0.0814. The molecule has 1 aromatic carbocycles. The van der Waals surface area contributed by atoms with Crippen LogP contribution in [0.5, 0.6) is 0 Å². The molecule has 3 amide bonds. The summed E-state index contributed by atoms with van der Waals surface area (Å²) in [5.74, 6) is -0.359. The molecule has 1 aromatic heterocycles. The minimum Gasteiger partial charge on any atom is -0.451 e. The van der Waals surface area contributed by atoms with Crippen LogP contribution in [0.4, 0.5) is 0 Å². The van der Waals surface area contributed by atoms with Gasteiger partial charge < -0.3 is 20.4 Å². The number of hydrogen-bond donors (Lipinski definition) is 2. The number of carbonyl (C=O) groups is 3. The summed E-state index contributed by atoms with van der Waals surface area (Å²) in [6.07, 6.45) is 0.235. The number of nitrogens with two attached hydrogens (primary N) is 1. The van der Waals surface area contributed by atoms with Crippen LogP contribution in [0.1, 0.15) is 34.3 Å². The first-order valence-corrected chi connectivity index (χ1v) is 7.81. The molecule has 0 aliphatic rings. The van der Waals surface area contributed by atoms with E-state index in [9.17, 15) is 14.4 Å². The summed E-state index contributed by atoms with van der Waals surface area (Å²) >= 11 is 0. The van der Waals surface area contributed by atoms with Crippen molar-refractivity contribution in [2.75, 3.05) is 14.1 Å². The topological polar surface area (TPSA) is 106 Å². The first-order valence-electron chi connectivity index (χ1n) is 7.81. The fourth-order valence-electron chi connectivity index (χ4n) is 2.31. The highest BCUT2D eigenvalue weighted by atomic mass is 16.3. The van der Waals surface area contributed by atoms with Gasteiger partial charge in [-0.3, -0.25) is 14.4 Å². The predicted octanol–water partition coefficient (Wildman–Crippen LogP) is 1.64. The van der Waals surface area contributed by atoms with Crippen molar-refractivity contribution >= 4 is 17.7 Å². The molecule has 0 saturated heterocycles. The fourth-order valence-corrected chi connectivity index (χ4v) is 2.31. The molecule has 2 aromatic rings. The highest BCUT2D eigenvalue weighted by molar-refractivity contribution is 5.95. The second kappa shape index (κ2) is 7.65. The zero-order valence-electron chi connectivity index (χ0n) is 14.4. The summed E-state index contributed by atoms with van der Waals surface area (Å²) in [6, 6.07) is 9.73. The van der Waals surface area contributed by atoms with E-state index in [0.717, 1.165) is 5.56 Å². The van der Waals surface area contributed by atoms with E-state index in [0.29, 0.717) is 11.3 Å². The second-order valence-corrected chi connectivity index (χ2v) is 5.75. The third-order valence-electron chi connectivity index (χ3n) is 4.01. The van der Waals surface area contributed by atoms with E-state index in [1.54, 1.807) is 44.4 Å². The Hall–Kier alpha value is -3.09. The number of primary amides is 1. The second-order valence-electron chi connectivity index (χ2n) is 5.75. The van der Waals surface area contributed by atoms with Gasteiger partial charge in [0.1, 0.15) is 5.76 Å². The number of rotatable bonds is 6. The summed E-state index contributed by atoms with van der Waals surface area (Å²) < 4.78 is 5.36. The summed E-state index contributed by atoms with van der Waals surface area (Å²) in [6.45, 7) is 1.82. The third kappa shape index (κ3) is 4.26. The van der Waals surface area contributed by atoms with Crippen LogP contribution in [0.25, 0.3) is 11.3 Å². The maximum atomic E-state index is 12.5. The van der Waals surface area contributed by atoms with Crippen LogP contribution < -0.4 is 11.1 Å². The standard InChI is InChI=1S/C18H21N3O4/c1-11(10-16(22)20-2)21(3)18(24)13-6-4-12(5-7-13)14-8-9-15(25-14)17(19)23/h4-9,11H,10H2,1-3H3,(H2,19,23)(H,20,22). The molecule has 0 saturated carbocycles. The number of carbonyl (C=O) groups excluding carboxylic acids is 3. The highest BCUT2D eigenvalue weighted by Gasteiger charge is 2.19. The summed E-state index contributed by atoms with van der Waals surface area (Å²) in [5, 5.41) is 2.54. The Morgan fingerprint density at radius 1 is 1.16 bits per heavy atom. The van der Waals surface area contributed by atoms with Gasteiger partial charge in [0.2, 0.25) is 5.91 Å². The van der Waals surface area contributed by atoms with Gasteiger partial charge in [0.05, 0.1) is 0 Å². The van der Waals surface area contributed by atoms with Gasteiger partial charge in [-0.15, -0.1) is 0 Å². The van der Waals surface area contributed by atoms with Crippen molar-refractivity contribution in [2.24, 2.45) is 5.73 Å². The fraction of sp³-hybridized carbons (Fsp3) is 0.278. The van der Waals surface area contributed by atoms with E-state index >= 15 is 0 Å². The molecular weight excluding hydrogens is 322 g/mol. The molecule has 0 fully saturated rings. The quantitative estimate of drug-likeness (QED) is 0.831. The molecule has 0 aliphatic carbocycles. The van der Waals surface area contributed by atoms with Crippen LogP contribution in [0.15, 0.2) is 40.8 Å². The lowest BCUT2D eigenvalue weighted by Gasteiger charge is -2.24. The number of hydrogen-bond acceptors (Lipinski definition) is 4. The number of nitrogens with one attached hydrogen (secondary N) is 1. The molecule has 0 bridgehead atoms. The molecule has 7 heteroatoms. The van der Waals surface area contributed by atoms with Gasteiger partial charge in [0.25, 0.3) is 11.8 Å². The van der Waals surface area contributed by atoms with Crippen LogP contribution in [0.2, 0.25) is 0 Å². The van der Waals surface area contributed by atoms with Crippen molar-refractivity contribution in [2.45, 2.75) is 19.4 Å². The van der Waals surface area contributed by atoms with Crippen molar-refractivity contribution in [3.8, 4) is 11.3 Å². The van der Waals surface area contributed by atoms with Crippen LogP contribution in [-0.2, 0) is 4.79 Å². The van der Waals surface area contributed by atoms with E-state index in [-0.39, 0.29) is 30.0 Å². The molecule has 132 valence electrons. The molecule has 1 atom stereocenters. The number of benzene rings is 1. The molecule has 0 radical (unpaired) electrons. The van der Waals surface area contributed by atoms with E-state index in [4.69, 9.17) is 10.2 Å². The molecule has 25 heavy (non-hydrogen) atoms. The highest BCUT2D eigenvalue weighted by Crippen LogP contribution is 2.23. The molecule has 0 spiro atoms. The molecule has 2 rings (SSSR count). The summed E-state index contributed by atoms with van der Waals surface area (Å²) in [7, 11) is 3.23. The van der Waals surface area contributed by atoms with Gasteiger partial charge in [-0.25, -0.2) is 0 Å². The number of nitrogens with zero attached hydrogens (tertiary/aromatic N) is 1. The number of furan rings is 1. The van der Waals surface area contributed by atoms with Crippen molar-refractivity contribution in [1.82, 2.24) is 10.2 Å². The van der Waals surface area contributed by atoms with Crippen LogP contribution >= 0.6 is 0 Å². The van der Waals surface area contributed by atoms with Gasteiger partial charge in [-0.1, -0.05) is 12.1 Å². The summed E-state index contributed by atoms with van der Waals surface area (Å²) in [4.78, 5) is 36.6. The molecule has 7 nitrogen and oxygen atoms in total. The Balaban J connectivity index is 2.11. The first kappa shape index (κ1) is 18.3. The zero-order valence-corrected chi connectivity index (χ0v) is 14.4. The van der Waals surface area contributed by atoms with Gasteiger partial charge in [0.15, 0.2) is 5.76 Å². The van der Waals surface area contributed by atoms with Crippen molar-refractivity contribution in [3.05, 3.63) is 47.7 Å². The van der Waals surface area contributed by atoms with Crippen LogP contribution in [0.3, 0.4) is 0 Å². The maximum Gasteiger partial charge on any atom is 0.284 e. The summed E-state index contributed by atoms with van der Waals surface area (Å²) in [5.41, 5.74) is 6.39. The van der Waals surface area contributed by atoms with E-state index < -0.39 is 5.91 Å². The lowest BCUT2D eigenvalue weighted by atomic mass is 10.1. The average Bonchev–Trinajstić information content (AvgIpc) is 3.10.